The maximum absolute atomic E-state index is 11.5. The predicted molar refractivity (Wildman–Crippen MR) is 61.6 cm³/mol. The zero-order chi connectivity index (χ0) is 13.1. The molecule has 0 unspecified atom stereocenters. The lowest BCUT2D eigenvalue weighted by atomic mass is 10.3. The van der Waals surface area contributed by atoms with Gasteiger partial charge in [0.05, 0.1) is 26.1 Å². The minimum Gasteiger partial charge on any atom is -1.00 e. The summed E-state index contributed by atoms with van der Waals surface area (Å²) in [6.45, 7) is 0.233. The van der Waals surface area contributed by atoms with Crippen LogP contribution in [0.3, 0.4) is 0 Å². The molecule has 1 aromatic carbocycles. The number of nitro benzene ring substituents is 1. The molecular formula is C11H15ClN2O4. The number of nitrogens with zero attached hydrogens (tertiary/aromatic N) is 2. The van der Waals surface area contributed by atoms with Crippen molar-refractivity contribution in [2.45, 2.75) is 0 Å². The van der Waals surface area contributed by atoms with Crippen LogP contribution in [0.25, 0.3) is 0 Å². The maximum atomic E-state index is 11.5. The fourth-order valence-corrected chi connectivity index (χ4v) is 1.19. The lowest BCUT2D eigenvalue weighted by Crippen LogP contribution is -3.00. The van der Waals surface area contributed by atoms with E-state index in [0.29, 0.717) is 10.2 Å². The molecule has 0 aliphatic rings. The molecule has 0 N–H and O–H groups in total. The molecule has 1 rings (SSSR count). The van der Waals surface area contributed by atoms with Crippen molar-refractivity contribution in [1.82, 2.24) is 0 Å². The Morgan fingerprint density at radius 2 is 1.78 bits per heavy atom. The molecule has 0 aliphatic carbocycles. The molecular weight excluding hydrogens is 260 g/mol. The van der Waals surface area contributed by atoms with E-state index in [1.165, 1.54) is 24.3 Å². The first-order chi connectivity index (χ1) is 7.78. The summed E-state index contributed by atoms with van der Waals surface area (Å²) in [7, 11) is 5.62. The fourth-order valence-electron chi connectivity index (χ4n) is 1.19. The highest BCUT2D eigenvalue weighted by atomic mass is 35.5. The second-order valence-electron chi connectivity index (χ2n) is 4.67. The molecule has 0 fully saturated rings. The number of non-ortho nitro benzene ring substituents is 1. The van der Waals surface area contributed by atoms with Crippen molar-refractivity contribution in [3.8, 4) is 5.75 Å². The first-order valence-electron chi connectivity index (χ1n) is 5.03. The Bertz CT molecular complexity index is 426. The maximum Gasteiger partial charge on any atom is 0.367 e. The van der Waals surface area contributed by atoms with Crippen LogP contribution in [0.1, 0.15) is 0 Å². The number of carbonyl (C=O) groups is 1. The Kier molecular flexibility index (Phi) is 5.74. The molecule has 7 heteroatoms. The smallest absolute Gasteiger partial charge is 0.367 e. The van der Waals surface area contributed by atoms with Gasteiger partial charge in [0.1, 0.15) is 5.75 Å². The Morgan fingerprint density at radius 1 is 1.28 bits per heavy atom. The largest absolute Gasteiger partial charge is 1.00 e. The Labute approximate surface area is 111 Å². The summed E-state index contributed by atoms with van der Waals surface area (Å²) in [5.41, 5.74) is -0.0311. The Hall–Kier alpha value is -1.66. The normalized spacial score (nSPS) is 10.4. The summed E-state index contributed by atoms with van der Waals surface area (Å²) in [5.74, 6) is -0.0552. The van der Waals surface area contributed by atoms with Crippen molar-refractivity contribution >= 4 is 11.7 Å². The summed E-state index contributed by atoms with van der Waals surface area (Å²) >= 11 is 0. The van der Waals surface area contributed by atoms with E-state index in [4.69, 9.17) is 4.74 Å². The van der Waals surface area contributed by atoms with Gasteiger partial charge in [0.15, 0.2) is 6.54 Å². The molecule has 100 valence electrons. The highest BCUT2D eigenvalue weighted by Crippen LogP contribution is 2.17. The number of benzene rings is 1. The van der Waals surface area contributed by atoms with Crippen LogP contribution in [-0.2, 0) is 4.79 Å². The molecule has 0 amide bonds. The van der Waals surface area contributed by atoms with Gasteiger partial charge in [-0.2, -0.15) is 0 Å². The molecule has 6 nitrogen and oxygen atoms in total. The van der Waals surface area contributed by atoms with Gasteiger partial charge in [0.2, 0.25) is 0 Å². The van der Waals surface area contributed by atoms with Crippen LogP contribution in [-0.4, -0.2) is 43.1 Å². The summed E-state index contributed by atoms with van der Waals surface area (Å²) in [6, 6.07) is 5.42. The zero-order valence-corrected chi connectivity index (χ0v) is 11.2. The van der Waals surface area contributed by atoms with Crippen LogP contribution in [0.2, 0.25) is 0 Å². The van der Waals surface area contributed by atoms with E-state index in [1.54, 1.807) is 0 Å². The predicted octanol–water partition coefficient (Wildman–Crippen LogP) is -1.79. The third kappa shape index (κ3) is 5.60. The molecule has 0 saturated carbocycles. The third-order valence-electron chi connectivity index (χ3n) is 1.88. The molecule has 0 aromatic heterocycles. The highest BCUT2D eigenvalue weighted by molar-refractivity contribution is 5.73. The number of hydrogen-bond donors (Lipinski definition) is 0. The molecule has 0 saturated heterocycles. The van der Waals surface area contributed by atoms with Crippen molar-refractivity contribution in [1.29, 1.82) is 0 Å². The molecule has 0 spiro atoms. The summed E-state index contributed by atoms with van der Waals surface area (Å²) in [6.07, 6.45) is 0. The van der Waals surface area contributed by atoms with Crippen LogP contribution in [0.5, 0.6) is 5.75 Å². The number of rotatable bonds is 4. The second kappa shape index (κ2) is 6.32. The van der Waals surface area contributed by atoms with E-state index in [0.717, 1.165) is 0 Å². The molecule has 0 atom stereocenters. The van der Waals surface area contributed by atoms with Crippen LogP contribution in [0, 0.1) is 10.1 Å². The van der Waals surface area contributed by atoms with Crippen molar-refractivity contribution in [3.05, 3.63) is 34.4 Å². The van der Waals surface area contributed by atoms with E-state index < -0.39 is 4.92 Å². The van der Waals surface area contributed by atoms with Gasteiger partial charge in [-0.15, -0.1) is 0 Å². The van der Waals surface area contributed by atoms with Crippen molar-refractivity contribution in [2.75, 3.05) is 27.7 Å². The molecule has 18 heavy (non-hydrogen) atoms. The number of ether oxygens (including phenoxy) is 1. The van der Waals surface area contributed by atoms with Gasteiger partial charge < -0.3 is 21.6 Å². The standard InChI is InChI=1S/C11H15N2O4.ClH/c1-13(2,3)8-11(14)17-10-6-4-9(5-7-10)12(15)16;/h4-7H,8H2,1-3H3;1H/q+1;/p-1. The number of nitro groups is 1. The summed E-state index contributed by atoms with van der Waals surface area (Å²) in [5, 5.41) is 10.4. The third-order valence-corrected chi connectivity index (χ3v) is 1.88. The molecule has 0 heterocycles. The van der Waals surface area contributed by atoms with Gasteiger partial charge in [-0.05, 0) is 12.1 Å². The summed E-state index contributed by atoms with van der Waals surface area (Å²) in [4.78, 5) is 21.4. The number of esters is 1. The molecule has 0 bridgehead atoms. The van der Waals surface area contributed by atoms with E-state index >= 15 is 0 Å². The summed E-state index contributed by atoms with van der Waals surface area (Å²) < 4.78 is 5.51. The van der Waals surface area contributed by atoms with Crippen molar-refractivity contribution in [2.24, 2.45) is 0 Å². The number of halogens is 1. The average molecular weight is 275 g/mol. The fraction of sp³-hybridized carbons (Fsp3) is 0.364. The SMILES string of the molecule is C[N+](C)(C)CC(=O)Oc1ccc([N+](=O)[O-])cc1.[Cl-]. The topological polar surface area (TPSA) is 69.4 Å². The Morgan fingerprint density at radius 3 is 2.17 bits per heavy atom. The quantitative estimate of drug-likeness (QED) is 0.214. The molecule has 0 aliphatic heterocycles. The van der Waals surface area contributed by atoms with Crippen LogP contribution in [0.4, 0.5) is 5.69 Å². The minimum absolute atomic E-state index is 0. The highest BCUT2D eigenvalue weighted by Gasteiger charge is 2.16. The first-order valence-corrected chi connectivity index (χ1v) is 5.03. The lowest BCUT2D eigenvalue weighted by Gasteiger charge is -2.22. The van der Waals surface area contributed by atoms with E-state index in [2.05, 4.69) is 0 Å². The van der Waals surface area contributed by atoms with Gasteiger partial charge in [-0.25, -0.2) is 4.79 Å². The van der Waals surface area contributed by atoms with Gasteiger partial charge in [0, 0.05) is 12.1 Å². The lowest BCUT2D eigenvalue weighted by molar-refractivity contribution is -0.862. The molecule has 1 aromatic rings. The minimum atomic E-state index is -0.502. The first kappa shape index (κ1) is 16.3. The van der Waals surface area contributed by atoms with E-state index in [-0.39, 0.29) is 30.6 Å². The van der Waals surface area contributed by atoms with Crippen molar-refractivity contribution in [3.63, 3.8) is 0 Å². The van der Waals surface area contributed by atoms with E-state index in [9.17, 15) is 14.9 Å². The van der Waals surface area contributed by atoms with Gasteiger partial charge in [-0.3, -0.25) is 10.1 Å². The number of likely N-dealkylation sites (N-methyl/N-ethyl adjacent to an activating group) is 1. The number of hydrogen-bond acceptors (Lipinski definition) is 4. The second-order valence-corrected chi connectivity index (χ2v) is 4.67. The van der Waals surface area contributed by atoms with Crippen LogP contribution < -0.4 is 17.1 Å². The zero-order valence-electron chi connectivity index (χ0n) is 10.4. The average Bonchev–Trinajstić information content (AvgIpc) is 2.15. The van der Waals surface area contributed by atoms with E-state index in [1.807, 2.05) is 21.1 Å². The number of carbonyl (C=O) groups excluding carboxylic acids is 1. The number of quaternary nitrogens is 1. The van der Waals surface area contributed by atoms with Gasteiger partial charge in [0.25, 0.3) is 5.69 Å². The van der Waals surface area contributed by atoms with Crippen LogP contribution in [0.15, 0.2) is 24.3 Å². The van der Waals surface area contributed by atoms with Crippen LogP contribution >= 0.6 is 0 Å². The van der Waals surface area contributed by atoms with Gasteiger partial charge >= 0.3 is 5.97 Å². The monoisotopic (exact) mass is 274 g/mol. The Balaban J connectivity index is 0.00000289. The van der Waals surface area contributed by atoms with Crippen molar-refractivity contribution < 1.29 is 31.3 Å². The molecule has 0 radical (unpaired) electrons. The van der Waals surface area contributed by atoms with Gasteiger partial charge in [-0.1, -0.05) is 0 Å².